The third-order valence-corrected chi connectivity index (χ3v) is 4.05. The summed E-state index contributed by atoms with van der Waals surface area (Å²) in [6.07, 6.45) is 1.14. The van der Waals surface area contributed by atoms with Gasteiger partial charge in [-0.05, 0) is 39.1 Å². The van der Waals surface area contributed by atoms with Crippen molar-refractivity contribution in [1.29, 1.82) is 0 Å². The van der Waals surface area contributed by atoms with E-state index in [1.165, 1.54) is 4.88 Å². The summed E-state index contributed by atoms with van der Waals surface area (Å²) in [5.74, 6) is 2.03. The van der Waals surface area contributed by atoms with E-state index in [4.69, 9.17) is 4.42 Å². The van der Waals surface area contributed by atoms with Gasteiger partial charge in [0, 0.05) is 11.4 Å². The summed E-state index contributed by atoms with van der Waals surface area (Å²) in [4.78, 5) is 7.86. The number of thiazole rings is 1. The Hall–Kier alpha value is -1.17. The first-order chi connectivity index (χ1) is 9.69. The minimum atomic E-state index is 0.811. The maximum absolute atomic E-state index is 5.83. The highest BCUT2D eigenvalue weighted by molar-refractivity contribution is 7.09. The van der Waals surface area contributed by atoms with Crippen LogP contribution < -0.4 is 5.32 Å². The molecule has 0 saturated carbocycles. The lowest BCUT2D eigenvalue weighted by molar-refractivity contribution is 0.284. The third-order valence-electron chi connectivity index (χ3n) is 3.13. The number of rotatable bonds is 8. The average molecular weight is 293 g/mol. The standard InChI is InChI=1S/C15H23N3OS/c1-4-7-16-8-13-5-6-14(19-13)9-18(3)10-15-12(2)17-11-20-15/h5-6,11,16H,4,7-10H2,1-3H3. The maximum Gasteiger partial charge on any atom is 0.118 e. The van der Waals surface area contributed by atoms with Gasteiger partial charge in [-0.1, -0.05) is 6.92 Å². The molecular weight excluding hydrogens is 270 g/mol. The van der Waals surface area contributed by atoms with E-state index in [1.54, 1.807) is 11.3 Å². The summed E-state index contributed by atoms with van der Waals surface area (Å²) < 4.78 is 5.83. The molecule has 0 aliphatic carbocycles. The molecule has 20 heavy (non-hydrogen) atoms. The van der Waals surface area contributed by atoms with Crippen LogP contribution in [0.1, 0.15) is 35.4 Å². The monoisotopic (exact) mass is 293 g/mol. The van der Waals surface area contributed by atoms with E-state index in [2.05, 4.69) is 48.2 Å². The number of hydrogen-bond donors (Lipinski definition) is 1. The van der Waals surface area contributed by atoms with E-state index in [0.717, 1.165) is 49.8 Å². The van der Waals surface area contributed by atoms with E-state index in [9.17, 15) is 0 Å². The predicted octanol–water partition coefficient (Wildman–Crippen LogP) is 3.18. The Labute approximate surface area is 124 Å². The van der Waals surface area contributed by atoms with Gasteiger partial charge >= 0.3 is 0 Å². The van der Waals surface area contributed by atoms with Crippen molar-refractivity contribution in [3.05, 3.63) is 39.7 Å². The first-order valence-electron chi connectivity index (χ1n) is 7.05. The zero-order valence-electron chi connectivity index (χ0n) is 12.5. The first-order valence-corrected chi connectivity index (χ1v) is 7.92. The van der Waals surface area contributed by atoms with Crippen LogP contribution in [0.15, 0.2) is 22.1 Å². The first kappa shape index (κ1) is 15.2. The second kappa shape index (κ2) is 7.57. The molecule has 1 N–H and O–H groups in total. The lowest BCUT2D eigenvalue weighted by Gasteiger charge is -2.14. The van der Waals surface area contributed by atoms with E-state index in [0.29, 0.717) is 0 Å². The Morgan fingerprint density at radius 3 is 2.80 bits per heavy atom. The van der Waals surface area contributed by atoms with Crippen molar-refractivity contribution in [3.63, 3.8) is 0 Å². The molecule has 0 radical (unpaired) electrons. The van der Waals surface area contributed by atoms with Crippen molar-refractivity contribution < 1.29 is 4.42 Å². The molecule has 2 aromatic heterocycles. The van der Waals surface area contributed by atoms with Crippen LogP contribution in [-0.4, -0.2) is 23.5 Å². The highest BCUT2D eigenvalue weighted by Gasteiger charge is 2.09. The van der Waals surface area contributed by atoms with Crippen molar-refractivity contribution in [1.82, 2.24) is 15.2 Å². The van der Waals surface area contributed by atoms with Crippen LogP contribution in [0, 0.1) is 6.92 Å². The van der Waals surface area contributed by atoms with Crippen LogP contribution in [0.5, 0.6) is 0 Å². The quantitative estimate of drug-likeness (QED) is 0.759. The number of aromatic nitrogens is 1. The fourth-order valence-corrected chi connectivity index (χ4v) is 2.89. The smallest absolute Gasteiger partial charge is 0.118 e. The molecule has 0 saturated heterocycles. The Balaban J connectivity index is 1.82. The second-order valence-electron chi connectivity index (χ2n) is 5.08. The molecule has 0 spiro atoms. The summed E-state index contributed by atoms with van der Waals surface area (Å²) in [6, 6.07) is 4.13. The number of nitrogens with zero attached hydrogens (tertiary/aromatic N) is 2. The minimum Gasteiger partial charge on any atom is -0.463 e. The molecule has 2 heterocycles. The van der Waals surface area contributed by atoms with Crippen LogP contribution >= 0.6 is 11.3 Å². The molecule has 0 aliphatic heterocycles. The van der Waals surface area contributed by atoms with Gasteiger partial charge in [0.2, 0.25) is 0 Å². The largest absolute Gasteiger partial charge is 0.463 e. The molecule has 0 atom stereocenters. The van der Waals surface area contributed by atoms with Gasteiger partial charge in [0.1, 0.15) is 11.5 Å². The highest BCUT2D eigenvalue weighted by Crippen LogP contribution is 2.16. The van der Waals surface area contributed by atoms with Crippen LogP contribution in [0.2, 0.25) is 0 Å². The molecule has 0 bridgehead atoms. The van der Waals surface area contributed by atoms with E-state index in [1.807, 2.05) is 5.51 Å². The van der Waals surface area contributed by atoms with Gasteiger partial charge in [-0.2, -0.15) is 0 Å². The van der Waals surface area contributed by atoms with Crippen molar-refractivity contribution in [2.24, 2.45) is 0 Å². The van der Waals surface area contributed by atoms with Crippen LogP contribution in [0.3, 0.4) is 0 Å². The minimum absolute atomic E-state index is 0.811. The van der Waals surface area contributed by atoms with Gasteiger partial charge in [0.15, 0.2) is 0 Å². The molecule has 5 heteroatoms. The van der Waals surface area contributed by atoms with Gasteiger partial charge in [-0.3, -0.25) is 4.90 Å². The van der Waals surface area contributed by atoms with Gasteiger partial charge in [-0.25, -0.2) is 4.98 Å². The summed E-state index contributed by atoms with van der Waals surface area (Å²) in [7, 11) is 2.11. The molecule has 0 amide bonds. The van der Waals surface area contributed by atoms with Gasteiger partial charge < -0.3 is 9.73 Å². The normalized spacial score (nSPS) is 11.4. The number of hydrogen-bond acceptors (Lipinski definition) is 5. The second-order valence-corrected chi connectivity index (χ2v) is 6.02. The molecule has 0 fully saturated rings. The highest BCUT2D eigenvalue weighted by atomic mass is 32.1. The Bertz CT molecular complexity index is 521. The van der Waals surface area contributed by atoms with Crippen molar-refractivity contribution in [3.8, 4) is 0 Å². The van der Waals surface area contributed by atoms with Gasteiger partial charge in [0.25, 0.3) is 0 Å². The van der Waals surface area contributed by atoms with Crippen LogP contribution in [0.25, 0.3) is 0 Å². The molecule has 0 unspecified atom stereocenters. The van der Waals surface area contributed by atoms with Crippen molar-refractivity contribution in [2.45, 2.75) is 39.9 Å². The SMILES string of the molecule is CCCNCc1ccc(CN(C)Cc2scnc2C)o1. The number of furan rings is 1. The van der Waals surface area contributed by atoms with Crippen LogP contribution in [-0.2, 0) is 19.6 Å². The molecule has 110 valence electrons. The predicted molar refractivity (Wildman–Crippen MR) is 82.7 cm³/mol. The van der Waals surface area contributed by atoms with E-state index >= 15 is 0 Å². The van der Waals surface area contributed by atoms with Crippen LogP contribution in [0.4, 0.5) is 0 Å². The number of nitrogens with one attached hydrogen (secondary N) is 1. The Kier molecular flexibility index (Phi) is 5.76. The average Bonchev–Trinajstić information content (AvgIpc) is 3.00. The zero-order chi connectivity index (χ0) is 14.4. The van der Waals surface area contributed by atoms with Gasteiger partial charge in [-0.15, -0.1) is 11.3 Å². The topological polar surface area (TPSA) is 41.3 Å². The molecule has 0 aromatic carbocycles. The fourth-order valence-electron chi connectivity index (χ4n) is 2.04. The van der Waals surface area contributed by atoms with Crippen molar-refractivity contribution in [2.75, 3.05) is 13.6 Å². The summed E-state index contributed by atoms with van der Waals surface area (Å²) in [6.45, 7) is 7.80. The van der Waals surface area contributed by atoms with Crippen molar-refractivity contribution >= 4 is 11.3 Å². The maximum atomic E-state index is 5.83. The summed E-state index contributed by atoms with van der Waals surface area (Å²) in [5, 5.41) is 3.35. The lowest BCUT2D eigenvalue weighted by Crippen LogP contribution is -2.16. The molecule has 2 rings (SSSR count). The molecule has 2 aromatic rings. The molecular formula is C15H23N3OS. The Morgan fingerprint density at radius 2 is 2.10 bits per heavy atom. The third kappa shape index (κ3) is 4.44. The molecule has 0 aliphatic rings. The number of aryl methyl sites for hydroxylation is 1. The Morgan fingerprint density at radius 1 is 1.30 bits per heavy atom. The zero-order valence-corrected chi connectivity index (χ0v) is 13.3. The lowest BCUT2D eigenvalue weighted by atomic mass is 10.3. The fraction of sp³-hybridized carbons (Fsp3) is 0.533. The van der Waals surface area contributed by atoms with Gasteiger partial charge in [0.05, 0.1) is 24.3 Å². The van der Waals surface area contributed by atoms with E-state index < -0.39 is 0 Å². The summed E-state index contributed by atoms with van der Waals surface area (Å²) in [5.41, 5.74) is 3.04. The summed E-state index contributed by atoms with van der Waals surface area (Å²) >= 11 is 1.71. The van der Waals surface area contributed by atoms with E-state index in [-0.39, 0.29) is 0 Å². The molecule has 4 nitrogen and oxygen atoms in total.